The maximum absolute atomic E-state index is 13.8. The van der Waals surface area contributed by atoms with Gasteiger partial charge in [0.05, 0.1) is 21.9 Å². The van der Waals surface area contributed by atoms with E-state index in [9.17, 15) is 30.8 Å². The molecule has 0 amide bonds. The third kappa shape index (κ3) is 4.38. The number of imidazole rings is 1. The molecule has 4 aromatic heterocycles. The van der Waals surface area contributed by atoms with Gasteiger partial charge in [0.1, 0.15) is 23.1 Å². The topological polar surface area (TPSA) is 99.7 Å². The van der Waals surface area contributed by atoms with Gasteiger partial charge in [-0.3, -0.25) is 19.3 Å². The van der Waals surface area contributed by atoms with Crippen molar-refractivity contribution in [3.63, 3.8) is 0 Å². The number of hydrogen-bond acceptors (Lipinski definition) is 6. The number of rotatable bonds is 6. The van der Waals surface area contributed by atoms with Gasteiger partial charge in [-0.1, -0.05) is 13.0 Å². The summed E-state index contributed by atoms with van der Waals surface area (Å²) in [6.07, 6.45) is -2.35. The van der Waals surface area contributed by atoms with Crippen LogP contribution in [0, 0.1) is 0 Å². The first-order valence-electron chi connectivity index (χ1n) is 11.9. The van der Waals surface area contributed by atoms with Crippen molar-refractivity contribution in [1.82, 2.24) is 24.1 Å². The van der Waals surface area contributed by atoms with E-state index in [1.807, 2.05) is 0 Å². The fourth-order valence-electron chi connectivity index (χ4n) is 4.40. The predicted octanol–water partition coefficient (Wildman–Crippen LogP) is 5.04. The number of halogens is 4. The number of sulfone groups is 1. The zero-order valence-electron chi connectivity index (χ0n) is 20.6. The molecule has 8 nitrogen and oxygen atoms in total. The molecule has 0 radical (unpaired) electrons. The maximum atomic E-state index is 13.8. The zero-order valence-corrected chi connectivity index (χ0v) is 21.4. The molecule has 1 unspecified atom stereocenters. The van der Waals surface area contributed by atoms with Gasteiger partial charge in [-0.15, -0.1) is 0 Å². The van der Waals surface area contributed by atoms with E-state index in [2.05, 4.69) is 15.0 Å². The van der Waals surface area contributed by atoms with Crippen molar-refractivity contribution >= 4 is 20.9 Å². The van der Waals surface area contributed by atoms with Gasteiger partial charge >= 0.3 is 6.18 Å². The molecule has 0 saturated heterocycles. The Kier molecular flexibility index (Phi) is 6.16. The molecule has 38 heavy (non-hydrogen) atoms. The summed E-state index contributed by atoms with van der Waals surface area (Å²) in [5.41, 5.74) is -1.22. The minimum absolute atomic E-state index is 0.0583. The first-order valence-corrected chi connectivity index (χ1v) is 13.5. The first-order chi connectivity index (χ1) is 17.8. The lowest BCUT2D eigenvalue weighted by molar-refractivity contribution is -0.144. The van der Waals surface area contributed by atoms with E-state index in [1.54, 1.807) is 6.07 Å². The van der Waals surface area contributed by atoms with Crippen LogP contribution in [0.4, 0.5) is 17.6 Å². The molecule has 4 aromatic rings. The summed E-state index contributed by atoms with van der Waals surface area (Å²) in [5, 5.41) is 0. The Labute approximate surface area is 214 Å². The van der Waals surface area contributed by atoms with Crippen LogP contribution < -0.4 is 5.56 Å². The van der Waals surface area contributed by atoms with Gasteiger partial charge in [0.15, 0.2) is 15.7 Å². The van der Waals surface area contributed by atoms with Crippen LogP contribution in [0.1, 0.15) is 50.3 Å². The highest BCUT2D eigenvalue weighted by atomic mass is 32.2. The molecule has 0 aliphatic heterocycles. The van der Waals surface area contributed by atoms with E-state index >= 15 is 0 Å². The van der Waals surface area contributed by atoms with Gasteiger partial charge in [0.25, 0.3) is 5.56 Å². The smallest absolute Gasteiger partial charge is 0.321 e. The summed E-state index contributed by atoms with van der Waals surface area (Å²) in [6.45, 7) is 2.79. The largest absolute Gasteiger partial charge is 0.431 e. The number of hydrogen-bond donors (Lipinski definition) is 0. The van der Waals surface area contributed by atoms with Gasteiger partial charge in [0, 0.05) is 36.6 Å². The number of aryl methyl sites for hydroxylation is 1. The highest BCUT2D eigenvalue weighted by Gasteiger charge is 2.40. The number of nitrogens with zero attached hydrogens (tertiary/aromatic N) is 5. The van der Waals surface area contributed by atoms with Crippen molar-refractivity contribution in [3.05, 3.63) is 58.4 Å². The van der Waals surface area contributed by atoms with E-state index < -0.39 is 39.5 Å². The van der Waals surface area contributed by atoms with Crippen LogP contribution in [0.15, 0.2) is 46.3 Å². The molecule has 13 heteroatoms. The Hall–Kier alpha value is -3.61. The van der Waals surface area contributed by atoms with Crippen LogP contribution in [0.3, 0.4) is 0 Å². The molecule has 0 bridgehead atoms. The molecule has 0 spiro atoms. The van der Waals surface area contributed by atoms with E-state index in [0.717, 1.165) is 10.6 Å². The molecule has 1 atom stereocenters. The first kappa shape index (κ1) is 26.0. The second-order valence-corrected chi connectivity index (χ2v) is 11.5. The number of aromatic nitrogens is 5. The third-order valence-corrected chi connectivity index (χ3v) is 8.33. The normalized spacial score (nSPS) is 15.2. The number of pyridine rings is 3. The number of fused-ring (bicyclic) bond motifs is 1. The summed E-state index contributed by atoms with van der Waals surface area (Å²) in [7, 11) is -2.46. The molecule has 1 fully saturated rings. The molecule has 5 rings (SSSR count). The SMILES string of the molecule is CCS(=O)(=O)c1cc(-c2ccc(C(C)F)nc2)cnc1-c1nc2cc(C(F)(F)F)n(C3CC3)c(=O)c2n1C. The summed E-state index contributed by atoms with van der Waals surface area (Å²) in [4.78, 5) is 25.7. The summed E-state index contributed by atoms with van der Waals surface area (Å²) in [6, 6.07) is 4.72. The lowest BCUT2D eigenvalue weighted by Gasteiger charge is -2.15. The van der Waals surface area contributed by atoms with Crippen molar-refractivity contribution in [2.75, 3.05) is 5.75 Å². The standard InChI is InChI=1S/C25H23F4N5O3S/c1-4-38(36,37)19-9-15(14-5-8-17(13(2)26)30-11-14)12-31-21(19)23-32-18-10-20(25(27,28)29)34(16-6-7-16)24(35)22(18)33(23)3/h5,8-13,16H,4,6-7H2,1-3H3. The fraction of sp³-hybridized carbons (Fsp3) is 0.360. The molecule has 0 aromatic carbocycles. The van der Waals surface area contributed by atoms with E-state index in [4.69, 9.17) is 0 Å². The van der Waals surface area contributed by atoms with E-state index in [0.29, 0.717) is 24.0 Å². The monoisotopic (exact) mass is 549 g/mol. The lowest BCUT2D eigenvalue weighted by Crippen LogP contribution is -2.28. The van der Waals surface area contributed by atoms with Crippen LogP contribution in [0.5, 0.6) is 0 Å². The van der Waals surface area contributed by atoms with E-state index in [1.165, 1.54) is 50.0 Å². The zero-order chi connectivity index (χ0) is 27.6. The van der Waals surface area contributed by atoms with Crippen LogP contribution >= 0.6 is 0 Å². The van der Waals surface area contributed by atoms with Gasteiger partial charge in [-0.25, -0.2) is 17.8 Å². The van der Waals surface area contributed by atoms with Crippen LogP contribution in [0.25, 0.3) is 33.7 Å². The molecule has 4 heterocycles. The van der Waals surface area contributed by atoms with Crippen molar-refractivity contribution < 1.29 is 26.0 Å². The summed E-state index contributed by atoms with van der Waals surface area (Å²) < 4.78 is 83.2. The highest BCUT2D eigenvalue weighted by molar-refractivity contribution is 7.91. The van der Waals surface area contributed by atoms with Gasteiger partial charge in [0.2, 0.25) is 0 Å². The van der Waals surface area contributed by atoms with Crippen molar-refractivity contribution in [2.45, 2.75) is 50.0 Å². The van der Waals surface area contributed by atoms with Gasteiger partial charge < -0.3 is 4.57 Å². The van der Waals surface area contributed by atoms with Crippen molar-refractivity contribution in [3.8, 4) is 22.6 Å². The highest BCUT2D eigenvalue weighted by Crippen LogP contribution is 2.40. The average Bonchev–Trinajstić information content (AvgIpc) is 3.65. The molecule has 200 valence electrons. The molecule has 0 N–H and O–H groups in total. The second-order valence-electron chi connectivity index (χ2n) is 9.22. The van der Waals surface area contributed by atoms with Crippen LogP contribution in [-0.2, 0) is 23.1 Å². The van der Waals surface area contributed by atoms with Gasteiger partial charge in [-0.2, -0.15) is 13.2 Å². The van der Waals surface area contributed by atoms with E-state index in [-0.39, 0.29) is 38.9 Å². The van der Waals surface area contributed by atoms with Gasteiger partial charge in [-0.05, 0) is 38.0 Å². The van der Waals surface area contributed by atoms with Crippen molar-refractivity contribution in [1.29, 1.82) is 0 Å². The minimum atomic E-state index is -4.77. The maximum Gasteiger partial charge on any atom is 0.431 e. The Morgan fingerprint density at radius 2 is 1.79 bits per heavy atom. The summed E-state index contributed by atoms with van der Waals surface area (Å²) in [5.74, 6) is -0.338. The minimum Gasteiger partial charge on any atom is -0.321 e. The summed E-state index contributed by atoms with van der Waals surface area (Å²) >= 11 is 0. The Morgan fingerprint density at radius 3 is 2.34 bits per heavy atom. The average molecular weight is 550 g/mol. The van der Waals surface area contributed by atoms with Crippen LogP contribution in [0.2, 0.25) is 0 Å². The fourth-order valence-corrected chi connectivity index (χ4v) is 5.45. The Bertz CT molecular complexity index is 1720. The number of alkyl halides is 4. The second kappa shape index (κ2) is 9.00. The van der Waals surface area contributed by atoms with Crippen molar-refractivity contribution in [2.24, 2.45) is 7.05 Å². The lowest BCUT2D eigenvalue weighted by atomic mass is 10.1. The Balaban J connectivity index is 1.73. The molecule has 1 aliphatic carbocycles. The predicted molar refractivity (Wildman–Crippen MR) is 132 cm³/mol. The van der Waals surface area contributed by atoms with Crippen LogP contribution in [-0.4, -0.2) is 38.3 Å². The quantitative estimate of drug-likeness (QED) is 0.313. The third-order valence-electron chi connectivity index (χ3n) is 6.59. The molecular formula is C25H23F4N5O3S. The molecule has 1 aliphatic rings. The molecule has 1 saturated carbocycles. The Morgan fingerprint density at radius 1 is 1.11 bits per heavy atom. The molecular weight excluding hydrogens is 526 g/mol.